The van der Waals surface area contributed by atoms with Gasteiger partial charge in [-0.15, -0.1) is 0 Å². The summed E-state index contributed by atoms with van der Waals surface area (Å²) in [5.74, 6) is 1.68. The second-order valence-corrected chi connectivity index (χ2v) is 13.5. The number of alkyl carbamates (subject to hydrolysis) is 1. The summed E-state index contributed by atoms with van der Waals surface area (Å²) in [5, 5.41) is 6.75. The highest BCUT2D eigenvalue weighted by atomic mass is 16.6. The van der Waals surface area contributed by atoms with Crippen LogP contribution >= 0.6 is 0 Å². The lowest BCUT2D eigenvalue weighted by Crippen LogP contribution is -2.30. The number of carbonyl (C=O) groups is 1. The van der Waals surface area contributed by atoms with Crippen LogP contribution in [0.2, 0.25) is 0 Å². The number of benzene rings is 2. The van der Waals surface area contributed by atoms with Crippen molar-refractivity contribution in [1.29, 1.82) is 0 Å². The van der Waals surface area contributed by atoms with Gasteiger partial charge in [0.25, 0.3) is 0 Å². The summed E-state index contributed by atoms with van der Waals surface area (Å²) in [5.41, 5.74) is 5.75. The fourth-order valence-corrected chi connectivity index (χ4v) is 7.85. The summed E-state index contributed by atoms with van der Waals surface area (Å²) in [6.45, 7) is 3.66. The Morgan fingerprint density at radius 2 is 1.29 bits per heavy atom. The van der Waals surface area contributed by atoms with Gasteiger partial charge in [-0.25, -0.2) is 4.79 Å². The van der Waals surface area contributed by atoms with E-state index in [1.165, 1.54) is 119 Å². The molecule has 1 heterocycles. The lowest BCUT2D eigenvalue weighted by atomic mass is 9.79. The Kier molecular flexibility index (Phi) is 12.2. The third-order valence-corrected chi connectivity index (χ3v) is 10.3. The molecule has 2 aromatic rings. The van der Waals surface area contributed by atoms with Crippen molar-refractivity contribution >= 4 is 6.09 Å². The van der Waals surface area contributed by atoms with Gasteiger partial charge in [0.05, 0.1) is 0 Å². The maximum Gasteiger partial charge on any atom is 0.407 e. The molecule has 4 nitrogen and oxygen atoms in total. The molecule has 0 aromatic heterocycles. The predicted octanol–water partition coefficient (Wildman–Crippen LogP) is 9.73. The van der Waals surface area contributed by atoms with Gasteiger partial charge in [-0.1, -0.05) is 126 Å². The molecule has 0 spiro atoms. The summed E-state index contributed by atoms with van der Waals surface area (Å²) in [7, 11) is 0. The first-order chi connectivity index (χ1) is 20.7. The number of hydrogen-bond donors (Lipinski definition) is 2. The van der Waals surface area contributed by atoms with Crippen LogP contribution in [0.5, 0.6) is 0 Å². The molecule has 4 heteroatoms. The Bertz CT molecular complexity index is 992. The van der Waals surface area contributed by atoms with Gasteiger partial charge in [-0.3, -0.25) is 0 Å². The molecule has 2 aliphatic carbocycles. The molecule has 5 rings (SSSR count). The number of amides is 1. The summed E-state index contributed by atoms with van der Waals surface area (Å²) in [4.78, 5) is 12.6. The third kappa shape index (κ3) is 8.85. The van der Waals surface area contributed by atoms with Gasteiger partial charge in [0.1, 0.15) is 6.10 Å². The van der Waals surface area contributed by atoms with Crippen molar-refractivity contribution in [2.45, 2.75) is 146 Å². The molecule has 2 N–H and O–H groups in total. The van der Waals surface area contributed by atoms with E-state index >= 15 is 0 Å². The van der Waals surface area contributed by atoms with Crippen molar-refractivity contribution in [3.05, 3.63) is 70.8 Å². The van der Waals surface area contributed by atoms with E-state index in [0.717, 1.165) is 24.7 Å². The topological polar surface area (TPSA) is 50.4 Å². The normalized spacial score (nSPS) is 22.0. The van der Waals surface area contributed by atoms with E-state index in [9.17, 15) is 4.79 Å². The Morgan fingerprint density at radius 3 is 1.83 bits per heavy atom. The first kappa shape index (κ1) is 31.1. The minimum Gasteiger partial charge on any atom is -0.445 e. The highest BCUT2D eigenvalue weighted by Crippen LogP contribution is 2.38. The number of ether oxygens (including phenoxy) is 1. The molecule has 1 saturated heterocycles. The van der Waals surface area contributed by atoms with Crippen LogP contribution in [0.15, 0.2) is 48.5 Å². The standard InChI is InChI=1S/C38H56N2O2/c1-2-3-4-5-6-13-26-39-38(41)42-35-27-36(40-28-35)37(33-22-18-31(19-23-33)29-14-9-7-10-15-29)34-24-20-32(21-25-34)30-16-11-8-12-17-30/h18-25,29-30,35-37,40H,2-17,26-28H2,1H3,(H,39,41)/t35-,36-/m1/s1. The minimum absolute atomic E-state index is 0.0925. The molecule has 2 saturated carbocycles. The van der Waals surface area contributed by atoms with E-state index in [1.54, 1.807) is 0 Å². The maximum absolute atomic E-state index is 12.6. The number of rotatable bonds is 13. The van der Waals surface area contributed by atoms with Crippen molar-refractivity contribution in [2.75, 3.05) is 13.1 Å². The van der Waals surface area contributed by atoms with E-state index in [-0.39, 0.29) is 24.2 Å². The van der Waals surface area contributed by atoms with E-state index < -0.39 is 0 Å². The van der Waals surface area contributed by atoms with Crippen LogP contribution in [0.25, 0.3) is 0 Å². The molecule has 230 valence electrons. The first-order valence-corrected chi connectivity index (χ1v) is 17.6. The summed E-state index contributed by atoms with van der Waals surface area (Å²) >= 11 is 0. The number of carbonyl (C=O) groups excluding carboxylic acids is 1. The number of nitrogens with one attached hydrogen (secondary N) is 2. The first-order valence-electron chi connectivity index (χ1n) is 17.6. The average Bonchev–Trinajstić information content (AvgIpc) is 3.50. The fourth-order valence-electron chi connectivity index (χ4n) is 7.85. The number of unbranched alkanes of at least 4 members (excludes halogenated alkanes) is 5. The molecule has 1 amide bonds. The molecule has 2 atom stereocenters. The minimum atomic E-state index is -0.263. The molecule has 0 bridgehead atoms. The Balaban J connectivity index is 1.22. The number of hydrogen-bond acceptors (Lipinski definition) is 3. The van der Waals surface area contributed by atoms with Crippen molar-refractivity contribution < 1.29 is 9.53 Å². The molecule has 42 heavy (non-hydrogen) atoms. The van der Waals surface area contributed by atoms with Crippen molar-refractivity contribution in [2.24, 2.45) is 0 Å². The predicted molar refractivity (Wildman–Crippen MR) is 174 cm³/mol. The highest BCUT2D eigenvalue weighted by Gasteiger charge is 2.34. The van der Waals surface area contributed by atoms with E-state index in [0.29, 0.717) is 13.1 Å². The van der Waals surface area contributed by atoms with Crippen molar-refractivity contribution in [3.8, 4) is 0 Å². The lowest BCUT2D eigenvalue weighted by Gasteiger charge is -2.27. The van der Waals surface area contributed by atoms with Crippen LogP contribution in [0.4, 0.5) is 4.79 Å². The third-order valence-electron chi connectivity index (χ3n) is 10.3. The van der Waals surface area contributed by atoms with Gasteiger partial charge in [0.2, 0.25) is 0 Å². The smallest absolute Gasteiger partial charge is 0.407 e. The molecular formula is C38H56N2O2. The largest absolute Gasteiger partial charge is 0.445 e. The van der Waals surface area contributed by atoms with E-state index in [1.807, 2.05) is 0 Å². The molecule has 1 aliphatic heterocycles. The monoisotopic (exact) mass is 572 g/mol. The van der Waals surface area contributed by atoms with E-state index in [2.05, 4.69) is 66.1 Å². The van der Waals surface area contributed by atoms with Crippen LogP contribution in [0.1, 0.15) is 156 Å². The summed E-state index contributed by atoms with van der Waals surface area (Å²) in [6.07, 6.45) is 21.4. The molecule has 0 radical (unpaired) electrons. The average molecular weight is 573 g/mol. The van der Waals surface area contributed by atoms with Crippen molar-refractivity contribution in [1.82, 2.24) is 10.6 Å². The fraction of sp³-hybridized carbons (Fsp3) is 0.658. The maximum atomic E-state index is 12.6. The van der Waals surface area contributed by atoms with Gasteiger partial charge < -0.3 is 15.4 Å². The van der Waals surface area contributed by atoms with Gasteiger partial charge in [0, 0.05) is 31.5 Å². The van der Waals surface area contributed by atoms with Crippen molar-refractivity contribution in [3.63, 3.8) is 0 Å². The quantitative estimate of drug-likeness (QED) is 0.235. The second kappa shape index (κ2) is 16.5. The van der Waals surface area contributed by atoms with Gasteiger partial charge in [0.15, 0.2) is 0 Å². The SMILES string of the molecule is CCCCCCCCNC(=O)O[C@H]1CN[C@@H](C(c2ccc(C3CCCCC3)cc2)c2ccc(C3CCCCC3)cc2)C1. The van der Waals surface area contributed by atoms with E-state index in [4.69, 9.17) is 4.74 Å². The molecule has 3 fully saturated rings. The highest BCUT2D eigenvalue weighted by molar-refractivity contribution is 5.67. The zero-order valence-corrected chi connectivity index (χ0v) is 26.3. The summed E-state index contributed by atoms with van der Waals surface area (Å²) in [6, 6.07) is 19.3. The molecule has 3 aliphatic rings. The van der Waals surface area contributed by atoms with Crippen LogP contribution in [0, 0.1) is 0 Å². The Hall–Kier alpha value is -2.33. The van der Waals surface area contributed by atoms with Crippen LogP contribution in [0.3, 0.4) is 0 Å². The molecule has 0 unspecified atom stereocenters. The lowest BCUT2D eigenvalue weighted by molar-refractivity contribution is 0.106. The zero-order chi connectivity index (χ0) is 29.0. The van der Waals surface area contributed by atoms with Crippen LogP contribution in [-0.4, -0.2) is 31.3 Å². The zero-order valence-electron chi connectivity index (χ0n) is 26.3. The molecule has 2 aromatic carbocycles. The second-order valence-electron chi connectivity index (χ2n) is 13.5. The Morgan fingerprint density at radius 1 is 0.762 bits per heavy atom. The van der Waals surface area contributed by atoms with Gasteiger partial charge in [-0.05, 0) is 66.2 Å². The van der Waals surface area contributed by atoms with Gasteiger partial charge in [-0.2, -0.15) is 0 Å². The summed E-state index contributed by atoms with van der Waals surface area (Å²) < 4.78 is 5.89. The molecular weight excluding hydrogens is 516 g/mol. The van der Waals surface area contributed by atoms with Gasteiger partial charge >= 0.3 is 6.09 Å². The van der Waals surface area contributed by atoms with Crippen LogP contribution in [-0.2, 0) is 4.74 Å². The van der Waals surface area contributed by atoms with Crippen LogP contribution < -0.4 is 10.6 Å². The Labute approximate surface area is 255 Å².